The number of hydrogen-bond donors (Lipinski definition) is 1. The maximum absolute atomic E-state index is 12.8. The third kappa shape index (κ3) is 3.94. The van der Waals surface area contributed by atoms with E-state index in [2.05, 4.69) is 15.1 Å². The number of amides is 1. The standard InChI is InChI=1S/C22H25N3O/c1-22(2,21(26)25-19-7-5-4-6-8-19)18-11-9-16(10-12-18)17-13-20(23-3)15-24-14-17/h9-15,19H,4-8H2,1-2H3,(H,25,26). The summed E-state index contributed by atoms with van der Waals surface area (Å²) in [5.74, 6) is 0.0915. The average Bonchev–Trinajstić information content (AvgIpc) is 2.69. The van der Waals surface area contributed by atoms with Gasteiger partial charge in [0.2, 0.25) is 11.6 Å². The highest BCUT2D eigenvalue weighted by Gasteiger charge is 2.31. The van der Waals surface area contributed by atoms with Crippen LogP contribution in [0.3, 0.4) is 0 Å². The molecule has 0 spiro atoms. The summed E-state index contributed by atoms with van der Waals surface area (Å²) in [4.78, 5) is 20.4. The van der Waals surface area contributed by atoms with E-state index < -0.39 is 5.41 Å². The van der Waals surface area contributed by atoms with Crippen molar-refractivity contribution in [3.05, 3.63) is 59.7 Å². The maximum Gasteiger partial charge on any atom is 0.230 e. The Labute approximate surface area is 155 Å². The summed E-state index contributed by atoms with van der Waals surface area (Å²) in [6.07, 6.45) is 9.18. The van der Waals surface area contributed by atoms with Gasteiger partial charge in [0, 0.05) is 18.4 Å². The smallest absolute Gasteiger partial charge is 0.230 e. The second kappa shape index (κ2) is 7.70. The van der Waals surface area contributed by atoms with Crippen LogP contribution >= 0.6 is 0 Å². The van der Waals surface area contributed by atoms with Gasteiger partial charge in [0.25, 0.3) is 0 Å². The molecule has 4 heteroatoms. The van der Waals surface area contributed by atoms with E-state index in [1.807, 2.05) is 44.2 Å². The van der Waals surface area contributed by atoms with Gasteiger partial charge >= 0.3 is 0 Å². The first-order valence-corrected chi connectivity index (χ1v) is 9.25. The zero-order chi connectivity index (χ0) is 18.6. The van der Waals surface area contributed by atoms with E-state index in [1.54, 1.807) is 12.4 Å². The Morgan fingerprint density at radius 2 is 1.81 bits per heavy atom. The van der Waals surface area contributed by atoms with Crippen LogP contribution in [-0.2, 0) is 10.2 Å². The largest absolute Gasteiger partial charge is 0.353 e. The Morgan fingerprint density at radius 3 is 2.46 bits per heavy atom. The highest BCUT2D eigenvalue weighted by atomic mass is 16.2. The fourth-order valence-corrected chi connectivity index (χ4v) is 3.47. The molecule has 1 aliphatic rings. The zero-order valence-electron chi connectivity index (χ0n) is 15.5. The SMILES string of the molecule is [C-]#[N+]c1cncc(-c2ccc(C(C)(C)C(=O)NC3CCCCC3)cc2)c1. The Kier molecular flexibility index (Phi) is 5.37. The van der Waals surface area contributed by atoms with Gasteiger partial charge in [0.05, 0.1) is 12.0 Å². The highest BCUT2D eigenvalue weighted by molar-refractivity contribution is 5.87. The topological polar surface area (TPSA) is 46.4 Å². The predicted octanol–water partition coefficient (Wildman–Crippen LogP) is 5.03. The molecule has 0 unspecified atom stereocenters. The van der Waals surface area contributed by atoms with Crippen LogP contribution in [0.1, 0.15) is 51.5 Å². The minimum atomic E-state index is -0.577. The highest BCUT2D eigenvalue weighted by Crippen LogP contribution is 2.29. The first-order valence-electron chi connectivity index (χ1n) is 9.25. The molecule has 1 fully saturated rings. The summed E-state index contributed by atoms with van der Waals surface area (Å²) in [5, 5.41) is 3.24. The molecule has 134 valence electrons. The molecule has 0 aliphatic heterocycles. The molecular weight excluding hydrogens is 322 g/mol. The van der Waals surface area contributed by atoms with Gasteiger partial charge in [0.15, 0.2) is 0 Å². The normalized spacial score (nSPS) is 15.3. The van der Waals surface area contributed by atoms with Crippen molar-refractivity contribution in [2.45, 2.75) is 57.4 Å². The molecule has 1 aromatic carbocycles. The Morgan fingerprint density at radius 1 is 1.12 bits per heavy atom. The second-order valence-electron chi connectivity index (χ2n) is 7.55. The van der Waals surface area contributed by atoms with Crippen LogP contribution in [-0.4, -0.2) is 16.9 Å². The lowest BCUT2D eigenvalue weighted by molar-refractivity contribution is -0.126. The van der Waals surface area contributed by atoms with Crippen molar-refractivity contribution in [3.8, 4) is 11.1 Å². The molecule has 26 heavy (non-hydrogen) atoms. The molecule has 2 aromatic rings. The van der Waals surface area contributed by atoms with Crippen molar-refractivity contribution in [3.63, 3.8) is 0 Å². The van der Waals surface area contributed by atoms with Gasteiger partial charge in [-0.05, 0) is 49.4 Å². The third-order valence-corrected chi connectivity index (χ3v) is 5.30. The molecule has 1 amide bonds. The number of pyridine rings is 1. The summed E-state index contributed by atoms with van der Waals surface area (Å²) in [6, 6.07) is 10.1. The van der Waals surface area contributed by atoms with Gasteiger partial charge in [0.1, 0.15) is 0 Å². The molecule has 0 atom stereocenters. The predicted molar refractivity (Wildman–Crippen MR) is 104 cm³/mol. The first kappa shape index (κ1) is 18.1. The van der Waals surface area contributed by atoms with E-state index in [1.165, 1.54) is 19.3 Å². The lowest BCUT2D eigenvalue weighted by atomic mass is 9.82. The van der Waals surface area contributed by atoms with Gasteiger partial charge in [-0.2, -0.15) is 0 Å². The van der Waals surface area contributed by atoms with Gasteiger partial charge in [-0.15, -0.1) is 0 Å². The summed E-state index contributed by atoms with van der Waals surface area (Å²) in [5.41, 5.74) is 2.85. The summed E-state index contributed by atoms with van der Waals surface area (Å²) in [6.45, 7) is 11.1. The van der Waals surface area contributed by atoms with Crippen LogP contribution < -0.4 is 5.32 Å². The molecule has 1 saturated carbocycles. The van der Waals surface area contributed by atoms with Crippen molar-refractivity contribution >= 4 is 11.6 Å². The van der Waals surface area contributed by atoms with Gasteiger partial charge in [-0.25, -0.2) is 4.85 Å². The van der Waals surface area contributed by atoms with Crippen molar-refractivity contribution < 1.29 is 4.79 Å². The van der Waals surface area contributed by atoms with Crippen LogP contribution in [0.5, 0.6) is 0 Å². The van der Waals surface area contributed by atoms with Crippen molar-refractivity contribution in [1.82, 2.24) is 10.3 Å². The molecule has 4 nitrogen and oxygen atoms in total. The van der Waals surface area contributed by atoms with E-state index in [0.717, 1.165) is 29.5 Å². The molecule has 3 rings (SSSR count). The summed E-state index contributed by atoms with van der Waals surface area (Å²) >= 11 is 0. The van der Waals surface area contributed by atoms with Gasteiger partial charge in [-0.1, -0.05) is 43.5 Å². The van der Waals surface area contributed by atoms with Crippen LogP contribution in [0.25, 0.3) is 16.0 Å². The molecule has 1 aliphatic carbocycles. The van der Waals surface area contributed by atoms with E-state index in [0.29, 0.717) is 11.7 Å². The van der Waals surface area contributed by atoms with E-state index >= 15 is 0 Å². The van der Waals surface area contributed by atoms with Crippen molar-refractivity contribution in [2.24, 2.45) is 0 Å². The number of rotatable bonds is 4. The monoisotopic (exact) mass is 347 g/mol. The number of aromatic nitrogens is 1. The number of nitrogens with zero attached hydrogens (tertiary/aromatic N) is 2. The minimum absolute atomic E-state index is 0.0915. The van der Waals surface area contributed by atoms with Crippen LogP contribution in [0.4, 0.5) is 5.69 Å². The van der Waals surface area contributed by atoms with Crippen molar-refractivity contribution in [1.29, 1.82) is 0 Å². The molecule has 1 heterocycles. The van der Waals surface area contributed by atoms with Crippen LogP contribution in [0, 0.1) is 6.57 Å². The number of carbonyl (C=O) groups is 1. The fourth-order valence-electron chi connectivity index (χ4n) is 3.47. The lowest BCUT2D eigenvalue weighted by Crippen LogP contribution is -2.45. The molecule has 1 aromatic heterocycles. The minimum Gasteiger partial charge on any atom is -0.353 e. The van der Waals surface area contributed by atoms with E-state index in [4.69, 9.17) is 6.57 Å². The summed E-state index contributed by atoms with van der Waals surface area (Å²) in [7, 11) is 0. The first-order chi connectivity index (χ1) is 12.5. The maximum atomic E-state index is 12.8. The number of hydrogen-bond acceptors (Lipinski definition) is 2. The Balaban J connectivity index is 1.75. The van der Waals surface area contributed by atoms with Crippen LogP contribution in [0.2, 0.25) is 0 Å². The number of carbonyl (C=O) groups excluding carboxylic acids is 1. The molecule has 0 bridgehead atoms. The summed E-state index contributed by atoms with van der Waals surface area (Å²) < 4.78 is 0. The van der Waals surface area contributed by atoms with E-state index in [9.17, 15) is 4.79 Å². The fraction of sp³-hybridized carbons (Fsp3) is 0.409. The second-order valence-corrected chi connectivity index (χ2v) is 7.55. The molecular formula is C22H25N3O. The number of benzene rings is 1. The van der Waals surface area contributed by atoms with Crippen LogP contribution in [0.15, 0.2) is 42.7 Å². The Hall–Kier alpha value is -2.67. The van der Waals surface area contributed by atoms with E-state index in [-0.39, 0.29) is 5.91 Å². The zero-order valence-corrected chi connectivity index (χ0v) is 15.5. The Bertz CT molecular complexity index is 812. The third-order valence-electron chi connectivity index (χ3n) is 5.30. The number of nitrogens with one attached hydrogen (secondary N) is 1. The average molecular weight is 347 g/mol. The molecule has 0 saturated heterocycles. The van der Waals surface area contributed by atoms with Gasteiger partial charge in [-0.3, -0.25) is 9.78 Å². The quantitative estimate of drug-likeness (QED) is 0.789. The molecule has 0 radical (unpaired) electrons. The molecule has 1 N–H and O–H groups in total. The van der Waals surface area contributed by atoms with Crippen molar-refractivity contribution in [2.75, 3.05) is 0 Å². The lowest BCUT2D eigenvalue weighted by Gasteiger charge is -2.29. The van der Waals surface area contributed by atoms with Gasteiger partial charge < -0.3 is 5.32 Å².